The van der Waals surface area contributed by atoms with E-state index < -0.39 is 0 Å². The van der Waals surface area contributed by atoms with Gasteiger partial charge in [0.05, 0.1) is 11.6 Å². The van der Waals surface area contributed by atoms with Gasteiger partial charge in [0.15, 0.2) is 0 Å². The summed E-state index contributed by atoms with van der Waals surface area (Å²) in [6.45, 7) is 4.10. The van der Waals surface area contributed by atoms with Crippen molar-refractivity contribution in [1.29, 1.82) is 0 Å². The van der Waals surface area contributed by atoms with Crippen molar-refractivity contribution in [3.05, 3.63) is 42.7 Å². The van der Waals surface area contributed by atoms with Gasteiger partial charge in [0.2, 0.25) is 5.95 Å². The zero-order chi connectivity index (χ0) is 18.9. The Morgan fingerprint density at radius 3 is 2.82 bits per heavy atom. The van der Waals surface area contributed by atoms with Crippen LogP contribution < -0.4 is 15.5 Å². The second-order valence-electron chi connectivity index (χ2n) is 7.68. The van der Waals surface area contributed by atoms with Gasteiger partial charge in [-0.3, -0.25) is 0 Å². The van der Waals surface area contributed by atoms with Crippen LogP contribution in [0.4, 0.5) is 11.6 Å². The third kappa shape index (κ3) is 3.31. The molecule has 2 fully saturated rings. The minimum atomic E-state index is -0.211. The van der Waals surface area contributed by atoms with Crippen LogP contribution in [0.15, 0.2) is 42.7 Å². The molecule has 0 radical (unpaired) electrons. The highest BCUT2D eigenvalue weighted by atomic mass is 16.3. The van der Waals surface area contributed by atoms with Crippen molar-refractivity contribution in [3.63, 3.8) is 0 Å². The van der Waals surface area contributed by atoms with E-state index >= 15 is 0 Å². The fraction of sp³-hybridized carbons (Fsp3) is 0.429. The zero-order valence-corrected chi connectivity index (χ0v) is 15.9. The highest BCUT2D eigenvalue weighted by Gasteiger charge is 2.23. The van der Waals surface area contributed by atoms with Crippen LogP contribution in [0.1, 0.15) is 19.3 Å². The molecule has 2 aromatic heterocycles. The summed E-state index contributed by atoms with van der Waals surface area (Å²) in [5.41, 5.74) is 2.43. The number of benzene rings is 1. The number of aliphatic hydroxyl groups excluding tert-OH is 1. The Balaban J connectivity index is 1.45. The van der Waals surface area contributed by atoms with Gasteiger partial charge in [-0.1, -0.05) is 6.07 Å². The molecule has 0 unspecified atom stereocenters. The van der Waals surface area contributed by atoms with E-state index in [1.807, 2.05) is 6.07 Å². The zero-order valence-electron chi connectivity index (χ0n) is 15.9. The summed E-state index contributed by atoms with van der Waals surface area (Å²) >= 11 is 0. The van der Waals surface area contributed by atoms with Gasteiger partial charge in [0.25, 0.3) is 0 Å². The lowest BCUT2D eigenvalue weighted by atomic mass is 10.2. The molecule has 5 rings (SSSR count). The van der Waals surface area contributed by atoms with Crippen molar-refractivity contribution in [2.45, 2.75) is 31.4 Å². The Bertz CT molecular complexity index is 964. The summed E-state index contributed by atoms with van der Waals surface area (Å²) in [7, 11) is 0. The van der Waals surface area contributed by atoms with Crippen molar-refractivity contribution in [2.75, 3.05) is 36.4 Å². The Morgan fingerprint density at radius 1 is 1.11 bits per heavy atom. The second-order valence-corrected chi connectivity index (χ2v) is 7.68. The molecule has 0 amide bonds. The van der Waals surface area contributed by atoms with Crippen molar-refractivity contribution >= 4 is 22.5 Å². The SMILES string of the molecule is O[C@@H]1CC[C@H](Nc2nccc(-n3ccc4c(N5CCNCC5)cccc43)n2)C1. The lowest BCUT2D eigenvalue weighted by molar-refractivity contribution is 0.182. The molecule has 2 atom stereocenters. The minimum Gasteiger partial charge on any atom is -0.393 e. The molecular formula is C21H26N6O. The van der Waals surface area contributed by atoms with E-state index in [2.05, 4.69) is 55.5 Å². The summed E-state index contributed by atoms with van der Waals surface area (Å²) in [6, 6.07) is 10.8. The number of aromatic nitrogens is 3. The average Bonchev–Trinajstić information content (AvgIpc) is 3.35. The predicted octanol–water partition coefficient (Wildman–Crippen LogP) is 2.16. The number of piperazine rings is 1. The maximum atomic E-state index is 9.74. The van der Waals surface area contributed by atoms with Gasteiger partial charge in [-0.05, 0) is 43.5 Å². The van der Waals surface area contributed by atoms with Crippen molar-refractivity contribution in [3.8, 4) is 5.82 Å². The molecular weight excluding hydrogens is 352 g/mol. The van der Waals surface area contributed by atoms with E-state index in [-0.39, 0.29) is 12.1 Å². The molecule has 1 saturated heterocycles. The molecule has 2 aliphatic rings. The molecule has 146 valence electrons. The Morgan fingerprint density at radius 2 is 2.00 bits per heavy atom. The van der Waals surface area contributed by atoms with Gasteiger partial charge >= 0.3 is 0 Å². The van der Waals surface area contributed by atoms with Crippen LogP contribution in [0, 0.1) is 0 Å². The molecule has 28 heavy (non-hydrogen) atoms. The molecule has 3 heterocycles. The number of hydrogen-bond donors (Lipinski definition) is 3. The summed E-state index contributed by atoms with van der Waals surface area (Å²) < 4.78 is 2.12. The molecule has 1 saturated carbocycles. The van der Waals surface area contributed by atoms with Gasteiger partial charge in [0, 0.05) is 55.7 Å². The summed E-state index contributed by atoms with van der Waals surface area (Å²) in [4.78, 5) is 11.6. The number of fused-ring (bicyclic) bond motifs is 1. The van der Waals surface area contributed by atoms with Crippen molar-refractivity contribution in [2.24, 2.45) is 0 Å². The lowest BCUT2D eigenvalue weighted by Crippen LogP contribution is -2.43. The largest absolute Gasteiger partial charge is 0.393 e. The monoisotopic (exact) mass is 378 g/mol. The highest BCUT2D eigenvalue weighted by molar-refractivity contribution is 5.94. The summed E-state index contributed by atoms with van der Waals surface area (Å²) in [5, 5.41) is 17.8. The van der Waals surface area contributed by atoms with E-state index in [9.17, 15) is 5.11 Å². The molecule has 1 aromatic carbocycles. The fourth-order valence-electron chi connectivity index (χ4n) is 4.36. The summed E-state index contributed by atoms with van der Waals surface area (Å²) in [5.74, 6) is 1.47. The van der Waals surface area contributed by atoms with Crippen LogP contribution >= 0.6 is 0 Å². The van der Waals surface area contributed by atoms with Crippen molar-refractivity contribution in [1.82, 2.24) is 19.9 Å². The van der Waals surface area contributed by atoms with E-state index in [0.29, 0.717) is 5.95 Å². The number of rotatable bonds is 4. The average molecular weight is 378 g/mol. The molecule has 7 nitrogen and oxygen atoms in total. The summed E-state index contributed by atoms with van der Waals surface area (Å²) in [6.07, 6.45) is 6.22. The first-order valence-corrected chi connectivity index (χ1v) is 10.1. The topological polar surface area (TPSA) is 78.2 Å². The Kier molecular flexibility index (Phi) is 4.62. The highest BCUT2D eigenvalue weighted by Crippen LogP contribution is 2.30. The van der Waals surface area contributed by atoms with Crippen LogP contribution in [0.3, 0.4) is 0 Å². The molecule has 0 bridgehead atoms. The van der Waals surface area contributed by atoms with Gasteiger partial charge in [-0.25, -0.2) is 4.98 Å². The van der Waals surface area contributed by atoms with Crippen LogP contribution in [0.5, 0.6) is 0 Å². The van der Waals surface area contributed by atoms with Gasteiger partial charge in [-0.2, -0.15) is 4.98 Å². The quantitative estimate of drug-likeness (QED) is 0.646. The van der Waals surface area contributed by atoms with E-state index in [0.717, 1.165) is 56.8 Å². The first-order chi connectivity index (χ1) is 13.8. The van der Waals surface area contributed by atoms with E-state index in [4.69, 9.17) is 4.98 Å². The van der Waals surface area contributed by atoms with Gasteiger partial charge in [-0.15, -0.1) is 0 Å². The first kappa shape index (κ1) is 17.5. The minimum absolute atomic E-state index is 0.211. The number of anilines is 2. The van der Waals surface area contributed by atoms with E-state index in [1.54, 1.807) is 6.20 Å². The molecule has 1 aliphatic carbocycles. The second kappa shape index (κ2) is 7.41. The van der Waals surface area contributed by atoms with Crippen LogP contribution in [-0.2, 0) is 0 Å². The smallest absolute Gasteiger partial charge is 0.224 e. The van der Waals surface area contributed by atoms with E-state index in [1.165, 1.54) is 11.1 Å². The Hall–Kier alpha value is -2.64. The van der Waals surface area contributed by atoms with Gasteiger partial charge < -0.3 is 25.2 Å². The lowest BCUT2D eigenvalue weighted by Gasteiger charge is -2.30. The first-order valence-electron chi connectivity index (χ1n) is 10.1. The number of aliphatic hydroxyl groups is 1. The maximum absolute atomic E-state index is 9.74. The third-order valence-corrected chi connectivity index (χ3v) is 5.79. The van der Waals surface area contributed by atoms with Gasteiger partial charge in [0.1, 0.15) is 5.82 Å². The molecule has 3 aromatic rings. The van der Waals surface area contributed by atoms with Crippen LogP contribution in [0.25, 0.3) is 16.7 Å². The molecule has 0 spiro atoms. The Labute approximate surface area is 164 Å². The third-order valence-electron chi connectivity index (χ3n) is 5.79. The molecule has 1 aliphatic heterocycles. The molecule has 3 N–H and O–H groups in total. The fourth-order valence-corrected chi connectivity index (χ4v) is 4.36. The number of nitrogens with one attached hydrogen (secondary N) is 2. The van der Waals surface area contributed by atoms with Crippen molar-refractivity contribution < 1.29 is 5.11 Å². The predicted molar refractivity (Wildman–Crippen MR) is 111 cm³/mol. The van der Waals surface area contributed by atoms with Crippen LogP contribution in [0.2, 0.25) is 0 Å². The normalized spacial score (nSPS) is 22.7. The molecule has 7 heteroatoms. The maximum Gasteiger partial charge on any atom is 0.224 e. The number of hydrogen-bond acceptors (Lipinski definition) is 6. The van der Waals surface area contributed by atoms with Crippen LogP contribution in [-0.4, -0.2) is 58.0 Å². The number of nitrogens with zero attached hydrogens (tertiary/aromatic N) is 4. The standard InChI is InChI=1S/C21H26N6O/c28-16-5-4-15(14-16)24-21-23-8-6-20(25-21)27-11-7-17-18(2-1-3-19(17)27)26-12-9-22-10-13-26/h1-3,6-8,11,15-16,22,28H,4-5,9-10,12-14H2,(H,23,24,25)/t15-,16+/m0/s1.